The quantitative estimate of drug-likeness (QED) is 0.872. The van der Waals surface area contributed by atoms with Gasteiger partial charge in [-0.15, -0.1) is 24.8 Å². The molecule has 1 aromatic rings. The summed E-state index contributed by atoms with van der Waals surface area (Å²) in [5, 5.41) is 3.28. The van der Waals surface area contributed by atoms with Crippen molar-refractivity contribution in [3.8, 4) is 0 Å². The van der Waals surface area contributed by atoms with Gasteiger partial charge in [0.1, 0.15) is 5.82 Å². The van der Waals surface area contributed by atoms with Gasteiger partial charge in [-0.2, -0.15) is 0 Å². The van der Waals surface area contributed by atoms with Crippen LogP contribution >= 0.6 is 24.8 Å². The van der Waals surface area contributed by atoms with Crippen molar-refractivity contribution >= 4 is 30.7 Å². The minimum absolute atomic E-state index is 0. The summed E-state index contributed by atoms with van der Waals surface area (Å²) >= 11 is 0. The van der Waals surface area contributed by atoms with Gasteiger partial charge < -0.3 is 15.2 Å². The molecule has 1 atom stereocenters. The Morgan fingerprint density at radius 3 is 2.55 bits per heavy atom. The predicted molar refractivity (Wildman–Crippen MR) is 82.7 cm³/mol. The third kappa shape index (κ3) is 3.65. The molecule has 1 unspecified atom stereocenters. The third-order valence-corrected chi connectivity index (χ3v) is 4.07. The molecule has 5 nitrogen and oxygen atoms in total. The minimum atomic E-state index is 0. The predicted octanol–water partition coefficient (Wildman–Crippen LogP) is 1.71. The Bertz CT molecular complexity index is 399. The molecular weight excluding hydrogens is 299 g/mol. The first-order valence-electron chi connectivity index (χ1n) is 6.86. The number of carbonyl (C=O) groups is 1. The summed E-state index contributed by atoms with van der Waals surface area (Å²) in [6, 6.07) is 0.0742. The van der Waals surface area contributed by atoms with Crippen molar-refractivity contribution in [2.24, 2.45) is 0 Å². The van der Waals surface area contributed by atoms with Crippen LogP contribution in [0.15, 0.2) is 12.4 Å². The molecule has 3 rings (SSSR count). The minimum Gasteiger partial charge on any atom is -0.348 e. The summed E-state index contributed by atoms with van der Waals surface area (Å²) in [6.45, 7) is 2.71. The fourth-order valence-electron chi connectivity index (χ4n) is 2.99. The van der Waals surface area contributed by atoms with Crippen molar-refractivity contribution < 1.29 is 4.79 Å². The Hall–Kier alpha value is -0.780. The van der Waals surface area contributed by atoms with Crippen LogP contribution in [0.1, 0.15) is 37.4 Å². The molecule has 20 heavy (non-hydrogen) atoms. The van der Waals surface area contributed by atoms with E-state index < -0.39 is 0 Å². The first kappa shape index (κ1) is 17.3. The maximum atomic E-state index is 12.2. The van der Waals surface area contributed by atoms with E-state index in [1.54, 1.807) is 6.20 Å². The Morgan fingerprint density at radius 1 is 1.25 bits per heavy atom. The Kier molecular flexibility index (Phi) is 6.79. The van der Waals surface area contributed by atoms with Crippen LogP contribution in [-0.4, -0.2) is 46.5 Å². The molecule has 0 radical (unpaired) electrons. The van der Waals surface area contributed by atoms with E-state index in [2.05, 4.69) is 15.3 Å². The highest BCUT2D eigenvalue weighted by molar-refractivity contribution is 5.85. The molecule has 0 aromatic carbocycles. The number of aromatic nitrogens is 2. The van der Waals surface area contributed by atoms with Crippen molar-refractivity contribution in [2.45, 2.75) is 37.6 Å². The summed E-state index contributed by atoms with van der Waals surface area (Å²) < 4.78 is 0. The number of rotatable bonds is 2. The maximum absolute atomic E-state index is 12.2. The van der Waals surface area contributed by atoms with Crippen LogP contribution in [0.2, 0.25) is 0 Å². The van der Waals surface area contributed by atoms with Crippen molar-refractivity contribution in [3.63, 3.8) is 0 Å². The van der Waals surface area contributed by atoms with Crippen LogP contribution < -0.4 is 5.32 Å². The molecule has 0 saturated carbocycles. The number of nitrogens with zero attached hydrogens (tertiary/aromatic N) is 2. The first-order valence-corrected chi connectivity index (χ1v) is 6.86. The highest BCUT2D eigenvalue weighted by Crippen LogP contribution is 2.26. The average molecular weight is 321 g/mol. The number of hydrogen-bond acceptors (Lipinski definition) is 3. The lowest BCUT2D eigenvalue weighted by Crippen LogP contribution is -2.46. The number of carbonyl (C=O) groups excluding carboxylic acids is 1. The van der Waals surface area contributed by atoms with Crippen molar-refractivity contribution in [3.05, 3.63) is 18.2 Å². The van der Waals surface area contributed by atoms with Crippen LogP contribution in [0.4, 0.5) is 0 Å². The summed E-state index contributed by atoms with van der Waals surface area (Å²) in [5.41, 5.74) is 0. The fourth-order valence-corrected chi connectivity index (χ4v) is 2.99. The standard InChI is InChI=1S/C13H20N4O.2ClH/c18-13(11-2-1-5-14-11)17-8-3-10(4-9-17)12-15-6-7-16-12;;/h6-7,10-11,14H,1-5,8-9H2,(H,15,16);2*1H. The van der Waals surface area contributed by atoms with Crippen molar-refractivity contribution in [2.75, 3.05) is 19.6 Å². The fraction of sp³-hybridized carbons (Fsp3) is 0.692. The second-order valence-electron chi connectivity index (χ2n) is 5.22. The van der Waals surface area contributed by atoms with Gasteiger partial charge in [-0.25, -0.2) is 4.98 Å². The van der Waals surface area contributed by atoms with Crippen LogP contribution in [-0.2, 0) is 4.79 Å². The molecule has 2 saturated heterocycles. The molecule has 2 fully saturated rings. The smallest absolute Gasteiger partial charge is 0.239 e. The highest BCUT2D eigenvalue weighted by Gasteiger charge is 2.30. The van der Waals surface area contributed by atoms with Gasteiger partial charge in [-0.1, -0.05) is 0 Å². The van der Waals surface area contributed by atoms with E-state index in [-0.39, 0.29) is 30.9 Å². The molecule has 2 aliphatic rings. The molecule has 1 aromatic heterocycles. The van der Waals surface area contributed by atoms with E-state index in [0.717, 1.165) is 51.1 Å². The van der Waals surface area contributed by atoms with Crippen LogP contribution in [0, 0.1) is 0 Å². The van der Waals surface area contributed by atoms with Gasteiger partial charge in [0, 0.05) is 31.4 Å². The SMILES string of the molecule is Cl.Cl.O=C(C1CCCN1)N1CCC(c2ncc[nH]2)CC1. The number of nitrogens with one attached hydrogen (secondary N) is 2. The van der Waals surface area contributed by atoms with Gasteiger partial charge in [-0.3, -0.25) is 4.79 Å². The van der Waals surface area contributed by atoms with E-state index in [1.807, 2.05) is 11.1 Å². The number of H-pyrrole nitrogens is 1. The Balaban J connectivity index is 0.000001000. The molecule has 7 heteroatoms. The molecule has 0 bridgehead atoms. The molecular formula is C13H22Cl2N4O. The number of likely N-dealkylation sites (tertiary alicyclic amines) is 1. The van der Waals surface area contributed by atoms with Gasteiger partial charge in [0.15, 0.2) is 0 Å². The van der Waals surface area contributed by atoms with Gasteiger partial charge >= 0.3 is 0 Å². The summed E-state index contributed by atoms with van der Waals surface area (Å²) in [6.07, 6.45) is 7.83. The molecule has 0 aliphatic carbocycles. The second-order valence-corrected chi connectivity index (χ2v) is 5.22. The summed E-state index contributed by atoms with van der Waals surface area (Å²) in [4.78, 5) is 21.7. The lowest BCUT2D eigenvalue weighted by Gasteiger charge is -2.32. The number of piperidine rings is 1. The van der Waals surface area contributed by atoms with Crippen LogP contribution in [0.3, 0.4) is 0 Å². The van der Waals surface area contributed by atoms with E-state index in [9.17, 15) is 4.79 Å². The number of amides is 1. The normalized spacial score (nSPS) is 23.0. The van der Waals surface area contributed by atoms with E-state index in [1.165, 1.54) is 0 Å². The second kappa shape index (κ2) is 7.86. The molecule has 0 spiro atoms. The lowest BCUT2D eigenvalue weighted by atomic mass is 9.95. The molecule has 114 valence electrons. The Labute approximate surface area is 131 Å². The van der Waals surface area contributed by atoms with Crippen molar-refractivity contribution in [1.29, 1.82) is 0 Å². The van der Waals surface area contributed by atoms with Gasteiger partial charge in [0.25, 0.3) is 0 Å². The van der Waals surface area contributed by atoms with Crippen LogP contribution in [0.5, 0.6) is 0 Å². The number of imidazole rings is 1. The summed E-state index contributed by atoms with van der Waals surface area (Å²) in [5.74, 6) is 1.85. The zero-order valence-corrected chi connectivity index (χ0v) is 13.0. The van der Waals surface area contributed by atoms with E-state index in [0.29, 0.717) is 11.8 Å². The van der Waals surface area contributed by atoms with Gasteiger partial charge in [-0.05, 0) is 32.2 Å². The topological polar surface area (TPSA) is 61.0 Å². The molecule has 2 aliphatic heterocycles. The van der Waals surface area contributed by atoms with Crippen molar-refractivity contribution in [1.82, 2.24) is 20.2 Å². The summed E-state index contributed by atoms with van der Waals surface area (Å²) in [7, 11) is 0. The largest absolute Gasteiger partial charge is 0.348 e. The first-order chi connectivity index (χ1) is 8.84. The van der Waals surface area contributed by atoms with Crippen LogP contribution in [0.25, 0.3) is 0 Å². The van der Waals surface area contributed by atoms with E-state index >= 15 is 0 Å². The third-order valence-electron chi connectivity index (χ3n) is 4.07. The van der Waals surface area contributed by atoms with Gasteiger partial charge in [0.05, 0.1) is 6.04 Å². The monoisotopic (exact) mass is 320 g/mol. The molecule has 1 amide bonds. The number of hydrogen-bond donors (Lipinski definition) is 2. The average Bonchev–Trinajstić information content (AvgIpc) is 3.11. The highest BCUT2D eigenvalue weighted by atomic mass is 35.5. The molecule has 2 N–H and O–H groups in total. The Morgan fingerprint density at radius 2 is 2.00 bits per heavy atom. The van der Waals surface area contributed by atoms with Gasteiger partial charge in [0.2, 0.25) is 5.91 Å². The number of halogens is 2. The lowest BCUT2D eigenvalue weighted by molar-refractivity contribution is -0.134. The zero-order valence-electron chi connectivity index (χ0n) is 11.4. The zero-order chi connectivity index (χ0) is 12.4. The van der Waals surface area contributed by atoms with E-state index in [4.69, 9.17) is 0 Å². The molecule has 3 heterocycles. The maximum Gasteiger partial charge on any atom is 0.239 e. The number of aromatic amines is 1.